The van der Waals surface area contributed by atoms with E-state index in [0.717, 1.165) is 22.7 Å². The van der Waals surface area contributed by atoms with Crippen molar-refractivity contribution in [3.8, 4) is 11.4 Å². The van der Waals surface area contributed by atoms with E-state index < -0.39 is 0 Å². The van der Waals surface area contributed by atoms with Crippen molar-refractivity contribution in [1.82, 2.24) is 9.36 Å². The minimum Gasteiger partial charge on any atom is -0.494 e. The number of para-hydroxylation sites is 1. The van der Waals surface area contributed by atoms with E-state index in [4.69, 9.17) is 4.74 Å². The molecule has 1 aliphatic heterocycles. The molecule has 0 spiro atoms. The zero-order valence-electron chi connectivity index (χ0n) is 17.5. The van der Waals surface area contributed by atoms with E-state index in [0.29, 0.717) is 12.3 Å². The molecular formula is C23H25N3O3S. The van der Waals surface area contributed by atoms with Gasteiger partial charge in [0.15, 0.2) is 0 Å². The molecule has 1 saturated heterocycles. The maximum Gasteiger partial charge on any atom is 0.295 e. The van der Waals surface area contributed by atoms with Crippen LogP contribution in [0.1, 0.15) is 30.5 Å². The summed E-state index contributed by atoms with van der Waals surface area (Å²) in [6, 6.07) is 17.2. The number of benzene rings is 2. The fourth-order valence-corrected chi connectivity index (χ4v) is 5.07. The van der Waals surface area contributed by atoms with Gasteiger partial charge in [-0.1, -0.05) is 30.3 Å². The molecule has 2 heterocycles. The zero-order valence-corrected chi connectivity index (χ0v) is 18.3. The number of carbonyl (C=O) groups excluding carboxylic acids is 1. The molecule has 2 aromatic carbocycles. The summed E-state index contributed by atoms with van der Waals surface area (Å²) >= 11 is 1.56. The first-order valence-electron chi connectivity index (χ1n) is 9.99. The third kappa shape index (κ3) is 3.33. The van der Waals surface area contributed by atoms with Gasteiger partial charge in [-0.15, -0.1) is 11.8 Å². The Morgan fingerprint density at radius 1 is 1.03 bits per heavy atom. The fourth-order valence-electron chi connectivity index (χ4n) is 3.81. The average molecular weight is 424 g/mol. The topological polar surface area (TPSA) is 56.5 Å². The van der Waals surface area contributed by atoms with Crippen LogP contribution < -0.4 is 15.2 Å². The second kappa shape index (κ2) is 8.07. The Bertz CT molecular complexity index is 1120. The lowest BCUT2D eigenvalue weighted by Gasteiger charge is -2.23. The van der Waals surface area contributed by atoms with E-state index in [2.05, 4.69) is 0 Å². The highest BCUT2D eigenvalue weighted by molar-refractivity contribution is 8.01. The van der Waals surface area contributed by atoms with Crippen molar-refractivity contribution in [3.63, 3.8) is 0 Å². The highest BCUT2D eigenvalue weighted by Gasteiger charge is 2.42. The number of thioether (sulfide) groups is 1. The molecule has 4 rings (SSSR count). The van der Waals surface area contributed by atoms with Gasteiger partial charge < -0.3 is 4.74 Å². The highest BCUT2D eigenvalue weighted by atomic mass is 32.2. The maximum absolute atomic E-state index is 13.5. The molecule has 0 N–H and O–H groups in total. The normalized spacial score (nSPS) is 18.8. The van der Waals surface area contributed by atoms with E-state index in [9.17, 15) is 9.59 Å². The van der Waals surface area contributed by atoms with E-state index >= 15 is 0 Å². The Labute approximate surface area is 180 Å². The van der Waals surface area contributed by atoms with Crippen LogP contribution in [-0.2, 0) is 11.8 Å². The number of hydrogen-bond acceptors (Lipinski definition) is 4. The second-order valence-corrected chi connectivity index (χ2v) is 8.68. The first kappa shape index (κ1) is 20.3. The van der Waals surface area contributed by atoms with Crippen LogP contribution in [0.5, 0.6) is 5.75 Å². The largest absolute Gasteiger partial charge is 0.494 e. The molecule has 156 valence electrons. The quantitative estimate of drug-likeness (QED) is 0.621. The monoisotopic (exact) mass is 423 g/mol. The SMILES string of the molecule is CCOc1ccc([C@H]2S[C@H](C)C(=O)N2c2c(C)n(C)n(-c3ccccc3)c2=O)cc1. The number of nitrogens with zero attached hydrogens (tertiary/aromatic N) is 3. The number of aromatic nitrogens is 2. The van der Waals surface area contributed by atoms with Gasteiger partial charge in [0, 0.05) is 7.05 Å². The van der Waals surface area contributed by atoms with Crippen molar-refractivity contribution in [2.24, 2.45) is 7.05 Å². The summed E-state index contributed by atoms with van der Waals surface area (Å²) in [4.78, 5) is 28.3. The third-order valence-electron chi connectivity index (χ3n) is 5.39. The smallest absolute Gasteiger partial charge is 0.295 e. The van der Waals surface area contributed by atoms with Crippen molar-refractivity contribution >= 4 is 23.4 Å². The van der Waals surface area contributed by atoms with Crippen LogP contribution in [0, 0.1) is 6.92 Å². The molecule has 3 aromatic rings. The Hall–Kier alpha value is -2.93. The van der Waals surface area contributed by atoms with Crippen LogP contribution in [-0.4, -0.2) is 27.1 Å². The minimum absolute atomic E-state index is 0.0510. The number of ether oxygens (including phenoxy) is 1. The summed E-state index contributed by atoms with van der Waals surface area (Å²) in [5, 5.41) is -0.494. The Morgan fingerprint density at radius 2 is 1.70 bits per heavy atom. The van der Waals surface area contributed by atoms with Gasteiger partial charge in [0.1, 0.15) is 16.8 Å². The summed E-state index contributed by atoms with van der Waals surface area (Å²) in [5.74, 6) is 0.738. The molecule has 1 fully saturated rings. The van der Waals surface area contributed by atoms with Crippen LogP contribution in [0.15, 0.2) is 59.4 Å². The van der Waals surface area contributed by atoms with Gasteiger partial charge in [0.2, 0.25) is 5.91 Å². The number of amides is 1. The Balaban J connectivity index is 1.81. The summed E-state index contributed by atoms with van der Waals surface area (Å²) in [7, 11) is 1.84. The molecule has 1 aromatic heterocycles. The number of carbonyl (C=O) groups is 1. The molecular weight excluding hydrogens is 398 g/mol. The van der Waals surface area contributed by atoms with Gasteiger partial charge in [0.05, 0.1) is 23.2 Å². The minimum atomic E-state index is -0.263. The predicted molar refractivity (Wildman–Crippen MR) is 121 cm³/mol. The molecule has 0 saturated carbocycles. The van der Waals surface area contributed by atoms with Gasteiger partial charge >= 0.3 is 0 Å². The van der Waals surface area contributed by atoms with E-state index in [1.54, 1.807) is 21.3 Å². The van der Waals surface area contributed by atoms with Crippen LogP contribution >= 0.6 is 11.8 Å². The Kier molecular flexibility index (Phi) is 5.47. The summed E-state index contributed by atoms with van der Waals surface area (Å²) < 4.78 is 8.96. The van der Waals surface area contributed by atoms with Crippen molar-refractivity contribution in [1.29, 1.82) is 0 Å². The molecule has 1 amide bonds. The summed E-state index contributed by atoms with van der Waals surface area (Å²) in [6.07, 6.45) is 0. The lowest BCUT2D eigenvalue weighted by molar-refractivity contribution is -0.117. The number of hydrogen-bond donors (Lipinski definition) is 0. The van der Waals surface area contributed by atoms with Gasteiger partial charge in [-0.3, -0.25) is 19.2 Å². The highest BCUT2D eigenvalue weighted by Crippen LogP contribution is 2.45. The molecule has 30 heavy (non-hydrogen) atoms. The van der Waals surface area contributed by atoms with Crippen molar-refractivity contribution in [2.75, 3.05) is 11.5 Å². The van der Waals surface area contributed by atoms with Crippen LogP contribution in [0.3, 0.4) is 0 Å². The van der Waals surface area contributed by atoms with Crippen LogP contribution in [0.4, 0.5) is 5.69 Å². The van der Waals surface area contributed by atoms with Crippen LogP contribution in [0.2, 0.25) is 0 Å². The van der Waals surface area contributed by atoms with Crippen molar-refractivity contribution < 1.29 is 9.53 Å². The van der Waals surface area contributed by atoms with Crippen molar-refractivity contribution in [3.05, 3.63) is 76.2 Å². The summed E-state index contributed by atoms with van der Waals surface area (Å²) in [5.41, 5.74) is 2.73. The van der Waals surface area contributed by atoms with E-state index in [-0.39, 0.29) is 22.1 Å². The third-order valence-corrected chi connectivity index (χ3v) is 6.74. The molecule has 0 bridgehead atoms. The predicted octanol–water partition coefficient (Wildman–Crippen LogP) is 4.05. The van der Waals surface area contributed by atoms with Gasteiger partial charge in [-0.25, -0.2) is 4.68 Å². The maximum atomic E-state index is 13.5. The van der Waals surface area contributed by atoms with Gasteiger partial charge in [-0.2, -0.15) is 0 Å². The molecule has 1 aliphatic rings. The van der Waals surface area contributed by atoms with Gasteiger partial charge in [0.25, 0.3) is 5.56 Å². The standard InChI is InChI=1S/C23H25N3O3S/c1-5-29-19-13-11-17(12-14-19)23-25(21(27)16(3)30-23)20-15(2)24(4)26(22(20)28)18-9-7-6-8-10-18/h6-14,16,23H,5H2,1-4H3/t16-,23-/m1/s1. The molecule has 6 nitrogen and oxygen atoms in total. The first-order chi connectivity index (χ1) is 14.4. The molecule has 0 radical (unpaired) electrons. The summed E-state index contributed by atoms with van der Waals surface area (Å²) in [6.45, 7) is 6.31. The molecule has 7 heteroatoms. The van der Waals surface area contributed by atoms with E-state index in [1.807, 2.05) is 87.1 Å². The van der Waals surface area contributed by atoms with E-state index in [1.165, 1.54) is 0 Å². The molecule has 2 atom stereocenters. The number of rotatable bonds is 5. The fraction of sp³-hybridized carbons (Fsp3) is 0.304. The van der Waals surface area contributed by atoms with Gasteiger partial charge in [-0.05, 0) is 50.6 Å². The number of anilines is 1. The average Bonchev–Trinajstić information content (AvgIpc) is 3.16. The lowest BCUT2D eigenvalue weighted by Crippen LogP contribution is -2.34. The molecule has 0 aliphatic carbocycles. The van der Waals surface area contributed by atoms with Crippen LogP contribution in [0.25, 0.3) is 5.69 Å². The van der Waals surface area contributed by atoms with Crippen molar-refractivity contribution in [2.45, 2.75) is 31.4 Å². The lowest BCUT2D eigenvalue weighted by atomic mass is 10.1. The zero-order chi connectivity index (χ0) is 21.4. The molecule has 0 unspecified atom stereocenters. The Morgan fingerprint density at radius 3 is 2.33 bits per heavy atom. The second-order valence-electron chi connectivity index (χ2n) is 7.25. The first-order valence-corrected chi connectivity index (χ1v) is 10.9.